The van der Waals surface area contributed by atoms with Crippen molar-refractivity contribution in [2.45, 2.75) is 0 Å². The molecule has 0 amide bonds. The van der Waals surface area contributed by atoms with Gasteiger partial charge in [0.25, 0.3) is 0 Å². The largest absolute Gasteiger partial charge is 0.309 e. The van der Waals surface area contributed by atoms with E-state index < -0.39 is 0 Å². The highest BCUT2D eigenvalue weighted by atomic mass is 32.1. The normalized spacial score (nSPS) is 11.6. The van der Waals surface area contributed by atoms with E-state index in [9.17, 15) is 0 Å². The smallest absolute Gasteiger partial charge is 0.164 e. The first-order valence-corrected chi connectivity index (χ1v) is 17.5. The lowest BCUT2D eigenvalue weighted by molar-refractivity contribution is 1.07. The Morgan fingerprint density at radius 2 is 0.840 bits per heavy atom. The number of aromatic nitrogens is 4. The van der Waals surface area contributed by atoms with Crippen LogP contribution in [-0.4, -0.2) is 19.5 Å². The summed E-state index contributed by atoms with van der Waals surface area (Å²) in [7, 11) is 0. The molecule has 0 bridgehead atoms. The van der Waals surface area contributed by atoms with E-state index in [1.54, 1.807) is 0 Å². The molecular formula is C45H28N4S. The predicted octanol–water partition coefficient (Wildman–Crippen LogP) is 12.0. The highest BCUT2D eigenvalue weighted by Gasteiger charge is 2.16. The fourth-order valence-corrected chi connectivity index (χ4v) is 8.14. The Morgan fingerprint density at radius 3 is 1.48 bits per heavy atom. The van der Waals surface area contributed by atoms with Gasteiger partial charge in [-0.1, -0.05) is 133 Å². The molecule has 10 aromatic rings. The van der Waals surface area contributed by atoms with Crippen LogP contribution in [0.4, 0.5) is 0 Å². The average molecular weight is 657 g/mol. The molecule has 0 saturated heterocycles. The standard InChI is InChI=1S/C45H28N4S/c1-3-11-31(12-4-1)43-46-44(32-13-5-2-6-14-32)48-45(47-43)33-21-19-29(20-22-33)30-23-25-34(26-24-30)49-39-17-9-7-15-35(39)37-28-42-38(27-40(37)49)36-16-8-10-18-41(36)50-42/h1-28H. The molecule has 0 radical (unpaired) electrons. The van der Waals surface area contributed by atoms with E-state index in [0.717, 1.165) is 33.5 Å². The van der Waals surface area contributed by atoms with E-state index in [2.05, 4.69) is 114 Å². The van der Waals surface area contributed by atoms with Gasteiger partial charge in [0.1, 0.15) is 0 Å². The fourth-order valence-electron chi connectivity index (χ4n) is 7.02. The van der Waals surface area contributed by atoms with Crippen LogP contribution >= 0.6 is 11.3 Å². The van der Waals surface area contributed by atoms with E-state index in [0.29, 0.717) is 17.5 Å². The van der Waals surface area contributed by atoms with Gasteiger partial charge in [0.05, 0.1) is 11.0 Å². The lowest BCUT2D eigenvalue weighted by atomic mass is 10.0. The van der Waals surface area contributed by atoms with E-state index in [4.69, 9.17) is 15.0 Å². The Labute approximate surface area is 292 Å². The molecule has 0 unspecified atom stereocenters. The van der Waals surface area contributed by atoms with E-state index >= 15 is 0 Å². The molecule has 4 nitrogen and oxygen atoms in total. The summed E-state index contributed by atoms with van der Waals surface area (Å²) >= 11 is 1.87. The molecule has 0 atom stereocenters. The maximum Gasteiger partial charge on any atom is 0.164 e. The first kappa shape index (κ1) is 28.6. The number of nitrogens with zero attached hydrogens (tertiary/aromatic N) is 4. The topological polar surface area (TPSA) is 43.6 Å². The third kappa shape index (κ3) is 4.79. The Balaban J connectivity index is 1.03. The van der Waals surface area contributed by atoms with Gasteiger partial charge >= 0.3 is 0 Å². The number of para-hydroxylation sites is 1. The summed E-state index contributed by atoms with van der Waals surface area (Å²) in [6.45, 7) is 0. The number of rotatable bonds is 5. The molecule has 10 rings (SSSR count). The van der Waals surface area contributed by atoms with Gasteiger partial charge in [0.15, 0.2) is 17.5 Å². The minimum atomic E-state index is 0.651. The SMILES string of the molecule is c1ccc(-c2nc(-c3ccccc3)nc(-c3ccc(-c4ccc(-n5c6ccccc6c6cc7sc8ccccc8c7cc65)cc4)cc3)n2)cc1. The highest BCUT2D eigenvalue weighted by molar-refractivity contribution is 7.25. The van der Waals surface area contributed by atoms with Gasteiger partial charge in [-0.25, -0.2) is 15.0 Å². The van der Waals surface area contributed by atoms with Crippen LogP contribution in [0.25, 0.3) is 93.0 Å². The summed E-state index contributed by atoms with van der Waals surface area (Å²) in [6.07, 6.45) is 0. The van der Waals surface area contributed by atoms with Crippen molar-refractivity contribution in [3.05, 3.63) is 170 Å². The number of benzene rings is 7. The average Bonchev–Trinajstić information content (AvgIpc) is 3.72. The molecule has 0 spiro atoms. The molecule has 5 heteroatoms. The minimum absolute atomic E-state index is 0.651. The van der Waals surface area contributed by atoms with Crippen molar-refractivity contribution >= 4 is 53.3 Å². The summed E-state index contributed by atoms with van der Waals surface area (Å²) in [5.41, 5.74) is 8.72. The second-order valence-electron chi connectivity index (χ2n) is 12.5. The molecule has 3 aromatic heterocycles. The van der Waals surface area contributed by atoms with Crippen molar-refractivity contribution in [1.82, 2.24) is 19.5 Å². The summed E-state index contributed by atoms with van der Waals surface area (Å²) < 4.78 is 5.05. The molecule has 0 N–H and O–H groups in total. The van der Waals surface area contributed by atoms with Crippen LogP contribution < -0.4 is 0 Å². The highest BCUT2D eigenvalue weighted by Crippen LogP contribution is 2.40. The van der Waals surface area contributed by atoms with Gasteiger partial charge in [-0.15, -0.1) is 11.3 Å². The Kier molecular flexibility index (Phi) is 6.64. The zero-order valence-corrected chi connectivity index (χ0v) is 27.7. The first-order valence-electron chi connectivity index (χ1n) is 16.7. The molecular weight excluding hydrogens is 629 g/mol. The van der Waals surface area contributed by atoms with Crippen LogP contribution in [-0.2, 0) is 0 Å². The van der Waals surface area contributed by atoms with Crippen LogP contribution in [0.1, 0.15) is 0 Å². The lowest BCUT2D eigenvalue weighted by Crippen LogP contribution is -2.00. The van der Waals surface area contributed by atoms with E-state index in [-0.39, 0.29) is 0 Å². The number of thiophene rings is 1. The van der Waals surface area contributed by atoms with Gasteiger partial charge in [-0.2, -0.15) is 0 Å². The Hall–Kier alpha value is -6.43. The molecule has 0 aliphatic carbocycles. The van der Waals surface area contributed by atoms with E-state index in [1.165, 1.54) is 42.0 Å². The van der Waals surface area contributed by atoms with Gasteiger partial charge in [0.2, 0.25) is 0 Å². The zero-order chi connectivity index (χ0) is 33.0. The van der Waals surface area contributed by atoms with Crippen LogP contribution in [0.3, 0.4) is 0 Å². The molecule has 0 fully saturated rings. The van der Waals surface area contributed by atoms with Gasteiger partial charge in [-0.05, 0) is 47.5 Å². The quantitative estimate of drug-likeness (QED) is 0.185. The molecule has 0 aliphatic rings. The molecule has 234 valence electrons. The van der Waals surface area contributed by atoms with Crippen molar-refractivity contribution in [3.63, 3.8) is 0 Å². The Morgan fingerprint density at radius 1 is 0.340 bits per heavy atom. The summed E-state index contributed by atoms with van der Waals surface area (Å²) in [5, 5.41) is 5.17. The minimum Gasteiger partial charge on any atom is -0.309 e. The number of hydrogen-bond acceptors (Lipinski definition) is 4. The van der Waals surface area contributed by atoms with E-state index in [1.807, 2.05) is 72.0 Å². The summed E-state index contributed by atoms with van der Waals surface area (Å²) in [4.78, 5) is 14.6. The lowest BCUT2D eigenvalue weighted by Gasteiger charge is -2.11. The molecule has 0 saturated carbocycles. The monoisotopic (exact) mass is 656 g/mol. The van der Waals surface area contributed by atoms with Crippen LogP contribution in [0.15, 0.2) is 170 Å². The van der Waals surface area contributed by atoms with Gasteiger partial charge in [0, 0.05) is 53.3 Å². The maximum atomic E-state index is 4.90. The van der Waals surface area contributed by atoms with Crippen molar-refractivity contribution in [3.8, 4) is 51.0 Å². The second-order valence-corrected chi connectivity index (χ2v) is 13.6. The molecule has 0 aliphatic heterocycles. The summed E-state index contributed by atoms with van der Waals surface area (Å²) in [6, 6.07) is 59.7. The van der Waals surface area contributed by atoms with Crippen LogP contribution in [0.5, 0.6) is 0 Å². The molecule has 50 heavy (non-hydrogen) atoms. The predicted molar refractivity (Wildman–Crippen MR) is 209 cm³/mol. The van der Waals surface area contributed by atoms with Crippen molar-refractivity contribution in [1.29, 1.82) is 0 Å². The first-order chi connectivity index (χ1) is 24.8. The van der Waals surface area contributed by atoms with Crippen molar-refractivity contribution in [2.75, 3.05) is 0 Å². The number of fused-ring (bicyclic) bond motifs is 6. The molecule has 3 heterocycles. The third-order valence-electron chi connectivity index (χ3n) is 9.47. The van der Waals surface area contributed by atoms with Crippen molar-refractivity contribution < 1.29 is 0 Å². The van der Waals surface area contributed by atoms with Gasteiger partial charge in [-0.3, -0.25) is 0 Å². The maximum absolute atomic E-state index is 4.90. The summed E-state index contributed by atoms with van der Waals surface area (Å²) in [5.74, 6) is 1.97. The van der Waals surface area contributed by atoms with Crippen LogP contribution in [0, 0.1) is 0 Å². The zero-order valence-electron chi connectivity index (χ0n) is 26.9. The van der Waals surface area contributed by atoms with Crippen molar-refractivity contribution in [2.24, 2.45) is 0 Å². The number of hydrogen-bond donors (Lipinski definition) is 0. The molecule has 7 aromatic carbocycles. The fraction of sp³-hybridized carbons (Fsp3) is 0. The Bertz CT molecular complexity index is 2780. The third-order valence-corrected chi connectivity index (χ3v) is 10.6. The van der Waals surface area contributed by atoms with Gasteiger partial charge < -0.3 is 4.57 Å². The second kappa shape index (κ2) is 11.6. The van der Waals surface area contributed by atoms with Crippen LogP contribution in [0.2, 0.25) is 0 Å².